The molecule has 1 atom stereocenters. The number of amides is 1. The molecule has 0 radical (unpaired) electrons. The first-order chi connectivity index (χ1) is 8.67. The molecular formula is C15H20BrNO. The number of carbonyl (C=O) groups is 1. The summed E-state index contributed by atoms with van der Waals surface area (Å²) in [7, 11) is 0. The molecule has 1 aromatic carbocycles. The highest BCUT2D eigenvalue weighted by molar-refractivity contribution is 9.09. The number of nitrogens with one attached hydrogen (secondary N) is 1. The Balaban J connectivity index is 1.85. The summed E-state index contributed by atoms with van der Waals surface area (Å²) in [5, 5.41) is 4.13. The lowest BCUT2D eigenvalue weighted by molar-refractivity contribution is -0.122. The average Bonchev–Trinajstić information content (AvgIpc) is 3.17. The van der Waals surface area contributed by atoms with Crippen molar-refractivity contribution in [1.29, 1.82) is 0 Å². The largest absolute Gasteiger partial charge is 0.355 e. The monoisotopic (exact) mass is 309 g/mol. The van der Waals surface area contributed by atoms with Crippen molar-refractivity contribution in [3.8, 4) is 0 Å². The minimum absolute atomic E-state index is 0.0639. The van der Waals surface area contributed by atoms with Crippen molar-refractivity contribution in [2.24, 2.45) is 5.41 Å². The number of alkyl halides is 1. The average molecular weight is 310 g/mol. The second-order valence-corrected chi connectivity index (χ2v) is 6.08. The highest BCUT2D eigenvalue weighted by atomic mass is 79.9. The van der Waals surface area contributed by atoms with Crippen LogP contribution in [0.4, 0.5) is 0 Å². The van der Waals surface area contributed by atoms with Crippen LogP contribution < -0.4 is 5.32 Å². The van der Waals surface area contributed by atoms with Gasteiger partial charge < -0.3 is 5.32 Å². The molecule has 1 saturated carbocycles. The lowest BCUT2D eigenvalue weighted by atomic mass is 9.99. The quantitative estimate of drug-likeness (QED) is 0.801. The molecule has 0 spiro atoms. The third-order valence-electron chi connectivity index (χ3n) is 3.91. The Labute approximate surface area is 117 Å². The first kappa shape index (κ1) is 13.6. The van der Waals surface area contributed by atoms with E-state index in [1.807, 2.05) is 37.3 Å². The molecule has 3 heteroatoms. The Hall–Kier alpha value is -0.830. The summed E-state index contributed by atoms with van der Waals surface area (Å²) < 4.78 is 0. The zero-order chi connectivity index (χ0) is 13.0. The van der Waals surface area contributed by atoms with Crippen LogP contribution in [0.1, 0.15) is 37.7 Å². The fourth-order valence-electron chi connectivity index (χ4n) is 2.21. The maximum Gasteiger partial charge on any atom is 0.227 e. The van der Waals surface area contributed by atoms with Crippen molar-refractivity contribution in [3.05, 3.63) is 35.9 Å². The van der Waals surface area contributed by atoms with Gasteiger partial charge in [-0.1, -0.05) is 46.3 Å². The molecule has 1 fully saturated rings. The highest BCUT2D eigenvalue weighted by Gasteiger charge is 2.41. The summed E-state index contributed by atoms with van der Waals surface area (Å²) in [6.45, 7) is 2.79. The Morgan fingerprint density at radius 1 is 1.39 bits per heavy atom. The summed E-state index contributed by atoms with van der Waals surface area (Å²) in [5.41, 5.74) is 1.47. The number of benzene rings is 1. The molecular weight excluding hydrogens is 290 g/mol. The highest BCUT2D eigenvalue weighted by Crippen LogP contribution is 2.48. The molecule has 2 nitrogen and oxygen atoms in total. The van der Waals surface area contributed by atoms with Gasteiger partial charge in [0.05, 0.1) is 5.92 Å². The van der Waals surface area contributed by atoms with E-state index >= 15 is 0 Å². The molecule has 98 valence electrons. The van der Waals surface area contributed by atoms with Crippen molar-refractivity contribution in [2.75, 3.05) is 11.9 Å². The van der Waals surface area contributed by atoms with E-state index in [2.05, 4.69) is 21.2 Å². The van der Waals surface area contributed by atoms with Crippen LogP contribution in [0.5, 0.6) is 0 Å². The molecule has 0 saturated heterocycles. The number of hydrogen-bond donors (Lipinski definition) is 1. The zero-order valence-corrected chi connectivity index (χ0v) is 12.4. The van der Waals surface area contributed by atoms with Crippen LogP contribution in [0.3, 0.4) is 0 Å². The summed E-state index contributed by atoms with van der Waals surface area (Å²) in [4.78, 5) is 12.1. The lowest BCUT2D eigenvalue weighted by Gasteiger charge is -2.17. The van der Waals surface area contributed by atoms with Crippen LogP contribution in [0.2, 0.25) is 0 Å². The summed E-state index contributed by atoms with van der Waals surface area (Å²) in [5.74, 6) is 0.0769. The molecule has 1 aliphatic rings. The van der Waals surface area contributed by atoms with Gasteiger partial charge in [0.1, 0.15) is 0 Å². The molecule has 2 rings (SSSR count). The van der Waals surface area contributed by atoms with E-state index in [9.17, 15) is 4.79 Å². The van der Waals surface area contributed by atoms with Crippen molar-refractivity contribution >= 4 is 21.8 Å². The molecule has 1 aliphatic carbocycles. The maximum atomic E-state index is 12.1. The predicted octanol–water partition coefficient (Wildman–Crippen LogP) is 3.47. The Morgan fingerprint density at radius 3 is 2.61 bits per heavy atom. The van der Waals surface area contributed by atoms with Gasteiger partial charge in [0.15, 0.2) is 0 Å². The predicted molar refractivity (Wildman–Crippen MR) is 77.9 cm³/mol. The third-order valence-corrected chi connectivity index (χ3v) is 4.31. The molecule has 1 N–H and O–H groups in total. The van der Waals surface area contributed by atoms with Crippen LogP contribution in [-0.4, -0.2) is 17.8 Å². The first-order valence-electron chi connectivity index (χ1n) is 6.55. The van der Waals surface area contributed by atoms with Crippen molar-refractivity contribution < 1.29 is 4.79 Å². The molecule has 0 bridgehead atoms. The van der Waals surface area contributed by atoms with Gasteiger partial charge in [0, 0.05) is 11.9 Å². The Bertz CT molecular complexity index is 400. The fourth-order valence-corrected chi connectivity index (χ4v) is 3.05. The summed E-state index contributed by atoms with van der Waals surface area (Å²) in [6, 6.07) is 9.95. The van der Waals surface area contributed by atoms with Gasteiger partial charge in [-0.05, 0) is 37.2 Å². The molecule has 18 heavy (non-hydrogen) atoms. The second-order valence-electron chi connectivity index (χ2n) is 5.29. The van der Waals surface area contributed by atoms with E-state index in [0.29, 0.717) is 5.41 Å². The molecule has 1 aromatic rings. The van der Waals surface area contributed by atoms with Gasteiger partial charge in [0.2, 0.25) is 5.91 Å². The van der Waals surface area contributed by atoms with Crippen LogP contribution in [0.15, 0.2) is 30.3 Å². The maximum absolute atomic E-state index is 12.1. The van der Waals surface area contributed by atoms with E-state index in [1.165, 1.54) is 12.8 Å². The molecule has 0 aliphatic heterocycles. The van der Waals surface area contributed by atoms with Gasteiger partial charge in [-0.2, -0.15) is 0 Å². The van der Waals surface area contributed by atoms with E-state index in [1.54, 1.807) is 0 Å². The van der Waals surface area contributed by atoms with E-state index in [0.717, 1.165) is 23.9 Å². The SMILES string of the molecule is CC(C(=O)NCC1(CCBr)CC1)c1ccccc1. The lowest BCUT2D eigenvalue weighted by Crippen LogP contribution is -2.33. The number of hydrogen-bond acceptors (Lipinski definition) is 1. The number of rotatable bonds is 6. The van der Waals surface area contributed by atoms with Crippen molar-refractivity contribution in [3.63, 3.8) is 0 Å². The molecule has 0 heterocycles. The van der Waals surface area contributed by atoms with Crippen LogP contribution in [-0.2, 0) is 4.79 Å². The van der Waals surface area contributed by atoms with E-state index < -0.39 is 0 Å². The third kappa shape index (κ3) is 3.35. The van der Waals surface area contributed by atoms with Crippen LogP contribution >= 0.6 is 15.9 Å². The molecule has 1 amide bonds. The van der Waals surface area contributed by atoms with Gasteiger partial charge >= 0.3 is 0 Å². The second kappa shape index (κ2) is 5.87. The minimum Gasteiger partial charge on any atom is -0.355 e. The smallest absolute Gasteiger partial charge is 0.227 e. The number of halogens is 1. The Kier molecular flexibility index (Phi) is 4.44. The summed E-state index contributed by atoms with van der Waals surface area (Å²) >= 11 is 3.49. The van der Waals surface area contributed by atoms with Gasteiger partial charge in [0.25, 0.3) is 0 Å². The van der Waals surface area contributed by atoms with Crippen LogP contribution in [0, 0.1) is 5.41 Å². The van der Waals surface area contributed by atoms with Crippen LogP contribution in [0.25, 0.3) is 0 Å². The molecule has 0 aromatic heterocycles. The van der Waals surface area contributed by atoms with Crippen molar-refractivity contribution in [1.82, 2.24) is 5.32 Å². The zero-order valence-electron chi connectivity index (χ0n) is 10.8. The van der Waals surface area contributed by atoms with Gasteiger partial charge in [-0.15, -0.1) is 0 Å². The van der Waals surface area contributed by atoms with E-state index in [4.69, 9.17) is 0 Å². The summed E-state index contributed by atoms with van der Waals surface area (Å²) in [6.07, 6.45) is 3.66. The standard InChI is InChI=1S/C15H20BrNO/c1-12(13-5-3-2-4-6-13)14(18)17-11-15(7-8-15)9-10-16/h2-6,12H,7-11H2,1H3,(H,17,18). The fraction of sp³-hybridized carbons (Fsp3) is 0.533. The minimum atomic E-state index is -0.0639. The topological polar surface area (TPSA) is 29.1 Å². The van der Waals surface area contributed by atoms with E-state index in [-0.39, 0.29) is 11.8 Å². The number of carbonyl (C=O) groups excluding carboxylic acids is 1. The normalized spacial score (nSPS) is 18.1. The first-order valence-corrected chi connectivity index (χ1v) is 7.68. The van der Waals surface area contributed by atoms with Gasteiger partial charge in [-0.25, -0.2) is 0 Å². The molecule has 1 unspecified atom stereocenters. The Morgan fingerprint density at radius 2 is 2.06 bits per heavy atom. The van der Waals surface area contributed by atoms with Crippen molar-refractivity contribution in [2.45, 2.75) is 32.1 Å². The van der Waals surface area contributed by atoms with Gasteiger partial charge in [-0.3, -0.25) is 4.79 Å².